The molecule has 2 atom stereocenters. The molecular weight excluding hydrogens is 396 g/mol. The number of allylic oxidation sites excluding steroid dienone is 1. The summed E-state index contributed by atoms with van der Waals surface area (Å²) in [6.07, 6.45) is 9.22. The second-order valence-corrected chi connectivity index (χ2v) is 8.98. The van der Waals surface area contributed by atoms with Gasteiger partial charge in [0.15, 0.2) is 11.0 Å². The number of carbonyl (C=O) groups excluding carboxylic acids is 1. The Labute approximate surface area is 182 Å². The Balaban J connectivity index is 1.50. The number of amides is 1. The van der Waals surface area contributed by atoms with Gasteiger partial charge in [0.2, 0.25) is 5.91 Å². The van der Waals surface area contributed by atoms with Gasteiger partial charge in [-0.05, 0) is 43.7 Å². The van der Waals surface area contributed by atoms with Gasteiger partial charge in [-0.3, -0.25) is 9.36 Å². The molecule has 0 bridgehead atoms. The van der Waals surface area contributed by atoms with E-state index in [-0.39, 0.29) is 5.91 Å². The lowest BCUT2D eigenvalue weighted by Gasteiger charge is -2.44. The van der Waals surface area contributed by atoms with Crippen LogP contribution in [0.15, 0.2) is 42.1 Å². The zero-order valence-electron chi connectivity index (χ0n) is 17.6. The third kappa shape index (κ3) is 4.26. The molecule has 2 aromatic rings. The predicted octanol–water partition coefficient (Wildman–Crippen LogP) is 4.41. The van der Waals surface area contributed by atoms with Crippen molar-refractivity contribution in [3.8, 4) is 17.1 Å². The normalized spacial score (nSPS) is 21.2. The number of carbonyl (C=O) groups is 1. The van der Waals surface area contributed by atoms with Gasteiger partial charge in [0, 0.05) is 19.1 Å². The number of methoxy groups -OCH3 is 1. The summed E-state index contributed by atoms with van der Waals surface area (Å²) >= 11 is 1.47. The molecular formula is C23H30N4O2S. The van der Waals surface area contributed by atoms with Gasteiger partial charge < -0.3 is 9.64 Å². The topological polar surface area (TPSA) is 60.2 Å². The third-order valence-corrected chi connectivity index (χ3v) is 7.22. The fraction of sp³-hybridized carbons (Fsp3) is 0.522. The number of rotatable bonds is 7. The van der Waals surface area contributed by atoms with E-state index in [1.165, 1.54) is 37.4 Å². The van der Waals surface area contributed by atoms with Crippen molar-refractivity contribution in [1.29, 1.82) is 0 Å². The molecule has 1 aliphatic carbocycles. The van der Waals surface area contributed by atoms with Gasteiger partial charge in [-0.1, -0.05) is 42.8 Å². The molecule has 6 nitrogen and oxygen atoms in total. The average molecular weight is 427 g/mol. The van der Waals surface area contributed by atoms with E-state index in [0.29, 0.717) is 24.3 Å². The summed E-state index contributed by atoms with van der Waals surface area (Å²) in [5.74, 6) is 2.79. The second-order valence-electron chi connectivity index (χ2n) is 8.04. The van der Waals surface area contributed by atoms with Crippen LogP contribution in [0.25, 0.3) is 11.4 Å². The molecule has 0 unspecified atom stereocenters. The summed E-state index contributed by atoms with van der Waals surface area (Å²) < 4.78 is 7.50. The molecule has 1 aliphatic heterocycles. The van der Waals surface area contributed by atoms with Crippen LogP contribution in [0.1, 0.15) is 38.5 Å². The third-order valence-electron chi connectivity index (χ3n) is 6.26. The average Bonchev–Trinajstić information content (AvgIpc) is 3.19. The lowest BCUT2D eigenvalue weighted by atomic mass is 9.78. The lowest BCUT2D eigenvalue weighted by molar-refractivity contribution is -0.134. The molecule has 2 aliphatic rings. The van der Waals surface area contributed by atoms with Crippen LogP contribution >= 0.6 is 11.8 Å². The van der Waals surface area contributed by atoms with Crippen LogP contribution in [0.5, 0.6) is 5.75 Å². The first-order valence-corrected chi connectivity index (χ1v) is 11.8. The highest BCUT2D eigenvalue weighted by atomic mass is 32.2. The minimum Gasteiger partial charge on any atom is -0.496 e. The number of para-hydroxylation sites is 1. The highest BCUT2D eigenvalue weighted by Gasteiger charge is 2.35. The Bertz CT molecular complexity index is 895. The molecule has 30 heavy (non-hydrogen) atoms. The van der Waals surface area contributed by atoms with Crippen LogP contribution in [0.2, 0.25) is 0 Å². The van der Waals surface area contributed by atoms with Crippen molar-refractivity contribution in [3.63, 3.8) is 0 Å². The van der Waals surface area contributed by atoms with E-state index in [4.69, 9.17) is 4.74 Å². The molecule has 1 aromatic heterocycles. The number of thioether (sulfide) groups is 1. The quantitative estimate of drug-likeness (QED) is 0.485. The maximum Gasteiger partial charge on any atom is 0.233 e. The highest BCUT2D eigenvalue weighted by Crippen LogP contribution is 2.36. The van der Waals surface area contributed by atoms with E-state index in [9.17, 15) is 4.79 Å². The maximum absolute atomic E-state index is 13.1. The van der Waals surface area contributed by atoms with Crippen molar-refractivity contribution in [1.82, 2.24) is 19.7 Å². The van der Waals surface area contributed by atoms with Gasteiger partial charge in [0.05, 0.1) is 18.4 Å². The molecule has 1 amide bonds. The summed E-state index contributed by atoms with van der Waals surface area (Å²) in [6.45, 7) is 5.35. The van der Waals surface area contributed by atoms with E-state index in [2.05, 4.69) is 21.7 Å². The SMILES string of the molecule is C=CCn1c(SCC(=O)N2CCC[C@@H]3CCCC[C@@H]32)nnc1-c1ccccc1OC. The molecule has 4 rings (SSSR count). The Morgan fingerprint density at radius 3 is 2.87 bits per heavy atom. The summed E-state index contributed by atoms with van der Waals surface area (Å²) in [4.78, 5) is 15.2. The molecule has 2 fully saturated rings. The van der Waals surface area contributed by atoms with E-state index < -0.39 is 0 Å². The molecule has 0 radical (unpaired) electrons. The number of fused-ring (bicyclic) bond motifs is 1. The zero-order chi connectivity index (χ0) is 20.9. The van der Waals surface area contributed by atoms with Gasteiger partial charge in [-0.2, -0.15) is 0 Å². The van der Waals surface area contributed by atoms with Crippen LogP contribution in [-0.4, -0.2) is 51.0 Å². The molecule has 0 spiro atoms. The molecule has 2 heterocycles. The number of aromatic nitrogens is 3. The molecule has 7 heteroatoms. The monoisotopic (exact) mass is 426 g/mol. The lowest BCUT2D eigenvalue weighted by Crippen LogP contribution is -2.50. The van der Waals surface area contributed by atoms with E-state index in [0.717, 1.165) is 41.7 Å². The first-order chi connectivity index (χ1) is 14.7. The zero-order valence-corrected chi connectivity index (χ0v) is 18.4. The molecule has 0 N–H and O–H groups in total. The molecule has 1 aromatic carbocycles. The highest BCUT2D eigenvalue weighted by molar-refractivity contribution is 7.99. The van der Waals surface area contributed by atoms with Gasteiger partial charge in [-0.15, -0.1) is 16.8 Å². The van der Waals surface area contributed by atoms with E-state index >= 15 is 0 Å². The molecule has 1 saturated heterocycles. The number of ether oxygens (including phenoxy) is 1. The summed E-state index contributed by atoms with van der Waals surface area (Å²) in [5.41, 5.74) is 0.883. The minimum atomic E-state index is 0.226. The fourth-order valence-electron chi connectivity index (χ4n) is 4.86. The van der Waals surface area contributed by atoms with E-state index in [1.807, 2.05) is 34.9 Å². The van der Waals surface area contributed by atoms with Crippen molar-refractivity contribution in [2.45, 2.75) is 56.3 Å². The first-order valence-electron chi connectivity index (χ1n) is 10.8. The van der Waals surface area contributed by atoms with Crippen LogP contribution in [-0.2, 0) is 11.3 Å². The van der Waals surface area contributed by atoms with Gasteiger partial charge in [-0.25, -0.2) is 0 Å². The fourth-order valence-corrected chi connectivity index (χ4v) is 5.70. The number of nitrogens with zero attached hydrogens (tertiary/aromatic N) is 4. The molecule has 1 saturated carbocycles. The van der Waals surface area contributed by atoms with E-state index in [1.54, 1.807) is 7.11 Å². The molecule has 160 valence electrons. The minimum absolute atomic E-state index is 0.226. The number of benzene rings is 1. The van der Waals surface area contributed by atoms with Crippen molar-refractivity contribution < 1.29 is 9.53 Å². The standard InChI is InChI=1S/C23H30N4O2S/c1-3-14-27-22(18-11-5-7-13-20(18)29-2)24-25-23(27)30-16-21(28)26-15-8-10-17-9-4-6-12-19(17)26/h3,5,7,11,13,17,19H,1,4,6,8-10,12,14-16H2,2H3/t17-,19-/m0/s1. The second kappa shape index (κ2) is 9.69. The van der Waals surface area contributed by atoms with Gasteiger partial charge in [0.1, 0.15) is 5.75 Å². The smallest absolute Gasteiger partial charge is 0.233 e. The maximum atomic E-state index is 13.1. The number of hydrogen-bond donors (Lipinski definition) is 0. The summed E-state index contributed by atoms with van der Waals surface area (Å²) in [7, 11) is 1.65. The van der Waals surface area contributed by atoms with Crippen molar-refractivity contribution in [3.05, 3.63) is 36.9 Å². The Morgan fingerprint density at radius 1 is 1.23 bits per heavy atom. The van der Waals surface area contributed by atoms with Crippen molar-refractivity contribution in [2.24, 2.45) is 5.92 Å². The Hall–Kier alpha value is -2.28. The van der Waals surface area contributed by atoms with Crippen LogP contribution in [0, 0.1) is 5.92 Å². The largest absolute Gasteiger partial charge is 0.496 e. The van der Waals surface area contributed by atoms with Gasteiger partial charge >= 0.3 is 0 Å². The van der Waals surface area contributed by atoms with Crippen molar-refractivity contribution >= 4 is 17.7 Å². The van der Waals surface area contributed by atoms with Crippen LogP contribution in [0.3, 0.4) is 0 Å². The summed E-state index contributed by atoms with van der Waals surface area (Å²) in [5, 5.41) is 9.53. The Morgan fingerprint density at radius 2 is 2.03 bits per heavy atom. The predicted molar refractivity (Wildman–Crippen MR) is 120 cm³/mol. The van der Waals surface area contributed by atoms with Gasteiger partial charge in [0.25, 0.3) is 0 Å². The number of likely N-dealkylation sites (tertiary alicyclic amines) is 1. The van der Waals surface area contributed by atoms with Crippen LogP contribution in [0.4, 0.5) is 0 Å². The number of piperidine rings is 1. The Kier molecular flexibility index (Phi) is 6.77. The number of hydrogen-bond acceptors (Lipinski definition) is 5. The first kappa shape index (κ1) is 21.0. The van der Waals surface area contributed by atoms with Crippen LogP contribution < -0.4 is 4.74 Å². The summed E-state index contributed by atoms with van der Waals surface area (Å²) in [6, 6.07) is 8.21. The van der Waals surface area contributed by atoms with Crippen molar-refractivity contribution in [2.75, 3.05) is 19.4 Å².